The van der Waals surface area contributed by atoms with Gasteiger partial charge in [0.15, 0.2) is 0 Å². The van der Waals surface area contributed by atoms with E-state index in [1.54, 1.807) is 0 Å². The first-order chi connectivity index (χ1) is 9.26. The van der Waals surface area contributed by atoms with Crippen LogP contribution < -0.4 is 10.1 Å². The van der Waals surface area contributed by atoms with E-state index in [-0.39, 0.29) is 5.41 Å². The molecule has 0 radical (unpaired) electrons. The summed E-state index contributed by atoms with van der Waals surface area (Å²) in [5.74, 6) is 0.470. The minimum atomic E-state index is -4.30. The topological polar surface area (TPSA) is 21.3 Å². The van der Waals surface area contributed by atoms with Crippen LogP contribution in [-0.2, 0) is 6.18 Å². The van der Waals surface area contributed by atoms with Crippen molar-refractivity contribution in [2.45, 2.75) is 38.9 Å². The van der Waals surface area contributed by atoms with E-state index in [0.29, 0.717) is 18.4 Å². The van der Waals surface area contributed by atoms with E-state index in [1.165, 1.54) is 25.0 Å². The monoisotopic (exact) mass is 287 g/mol. The van der Waals surface area contributed by atoms with Gasteiger partial charge < -0.3 is 10.1 Å². The lowest BCUT2D eigenvalue weighted by Gasteiger charge is -2.25. The molecule has 1 N–H and O–H groups in total. The van der Waals surface area contributed by atoms with Crippen LogP contribution in [-0.4, -0.2) is 19.2 Å². The van der Waals surface area contributed by atoms with E-state index in [1.807, 2.05) is 0 Å². The van der Waals surface area contributed by atoms with Crippen LogP contribution in [0.3, 0.4) is 0 Å². The molecule has 0 aliphatic heterocycles. The van der Waals surface area contributed by atoms with Crippen molar-refractivity contribution in [1.82, 2.24) is 5.32 Å². The van der Waals surface area contributed by atoms with E-state index in [9.17, 15) is 13.2 Å². The van der Waals surface area contributed by atoms with Crippen LogP contribution in [0.15, 0.2) is 24.3 Å². The van der Waals surface area contributed by atoms with Crippen molar-refractivity contribution >= 4 is 0 Å². The summed E-state index contributed by atoms with van der Waals surface area (Å²) in [6.07, 6.45) is -1.84. The zero-order chi connectivity index (χ0) is 14.8. The van der Waals surface area contributed by atoms with Crippen molar-refractivity contribution in [3.8, 4) is 5.75 Å². The van der Waals surface area contributed by atoms with Crippen LogP contribution in [0, 0.1) is 5.41 Å². The molecule has 1 aliphatic rings. The maximum Gasteiger partial charge on any atom is 0.416 e. The molecule has 0 heterocycles. The summed E-state index contributed by atoms with van der Waals surface area (Å²) in [4.78, 5) is 0. The van der Waals surface area contributed by atoms with E-state index >= 15 is 0 Å². The van der Waals surface area contributed by atoms with Crippen molar-refractivity contribution in [2.75, 3.05) is 13.2 Å². The highest BCUT2D eigenvalue weighted by molar-refractivity contribution is 5.28. The van der Waals surface area contributed by atoms with Crippen LogP contribution in [0.2, 0.25) is 0 Å². The summed E-state index contributed by atoms with van der Waals surface area (Å²) in [5, 5.41) is 3.43. The molecule has 1 fully saturated rings. The molecule has 2 nitrogen and oxygen atoms in total. The first-order valence-electron chi connectivity index (χ1n) is 6.80. The van der Waals surface area contributed by atoms with Crippen LogP contribution in [0.5, 0.6) is 5.75 Å². The lowest BCUT2D eigenvalue weighted by atomic mass is 9.95. The average Bonchev–Trinajstić information content (AvgIpc) is 3.18. The molecule has 1 aromatic rings. The Hall–Kier alpha value is -1.23. The SMILES string of the molecule is CC(C)(CNC1CC1)COc1ccc(C(F)(F)F)cc1. The second kappa shape index (κ2) is 5.64. The Labute approximate surface area is 117 Å². The Kier molecular flexibility index (Phi) is 4.28. The normalized spacial score (nSPS) is 16.2. The van der Waals surface area contributed by atoms with Gasteiger partial charge in [0, 0.05) is 18.0 Å². The Balaban J connectivity index is 1.83. The fourth-order valence-electron chi connectivity index (χ4n) is 1.78. The minimum Gasteiger partial charge on any atom is -0.493 e. The molecule has 0 aromatic heterocycles. The Morgan fingerprint density at radius 3 is 2.25 bits per heavy atom. The number of nitrogens with one attached hydrogen (secondary N) is 1. The highest BCUT2D eigenvalue weighted by Gasteiger charge is 2.30. The Morgan fingerprint density at radius 1 is 1.15 bits per heavy atom. The van der Waals surface area contributed by atoms with Gasteiger partial charge in [-0.2, -0.15) is 13.2 Å². The van der Waals surface area contributed by atoms with E-state index in [0.717, 1.165) is 18.7 Å². The molecule has 0 bridgehead atoms. The van der Waals surface area contributed by atoms with Gasteiger partial charge >= 0.3 is 6.18 Å². The molecule has 1 aliphatic carbocycles. The van der Waals surface area contributed by atoms with Gasteiger partial charge in [-0.25, -0.2) is 0 Å². The molecule has 1 saturated carbocycles. The van der Waals surface area contributed by atoms with Gasteiger partial charge in [0.1, 0.15) is 5.75 Å². The van der Waals surface area contributed by atoms with Crippen molar-refractivity contribution < 1.29 is 17.9 Å². The standard InChI is InChI=1S/C15H20F3NO/c1-14(2,9-19-12-5-6-12)10-20-13-7-3-11(4-8-13)15(16,17)18/h3-4,7-8,12,19H,5-6,9-10H2,1-2H3. The number of ether oxygens (including phenoxy) is 1. The molecule has 0 unspecified atom stereocenters. The van der Waals surface area contributed by atoms with E-state index < -0.39 is 11.7 Å². The van der Waals surface area contributed by atoms with Crippen molar-refractivity contribution in [2.24, 2.45) is 5.41 Å². The number of alkyl halides is 3. The smallest absolute Gasteiger partial charge is 0.416 e. The molecule has 0 spiro atoms. The third kappa shape index (κ3) is 4.71. The molecule has 20 heavy (non-hydrogen) atoms. The lowest BCUT2D eigenvalue weighted by molar-refractivity contribution is -0.137. The van der Waals surface area contributed by atoms with E-state index in [4.69, 9.17) is 4.74 Å². The van der Waals surface area contributed by atoms with E-state index in [2.05, 4.69) is 19.2 Å². The molecule has 0 amide bonds. The van der Waals surface area contributed by atoms with Gasteiger partial charge in [0.25, 0.3) is 0 Å². The van der Waals surface area contributed by atoms with Crippen LogP contribution in [0.1, 0.15) is 32.3 Å². The average molecular weight is 287 g/mol. The lowest BCUT2D eigenvalue weighted by Crippen LogP contribution is -2.35. The van der Waals surface area contributed by atoms with Crippen molar-refractivity contribution in [1.29, 1.82) is 0 Å². The first-order valence-corrected chi connectivity index (χ1v) is 6.80. The summed E-state index contributed by atoms with van der Waals surface area (Å²) >= 11 is 0. The molecule has 1 aromatic carbocycles. The number of hydrogen-bond acceptors (Lipinski definition) is 2. The van der Waals surface area contributed by atoms with Gasteiger partial charge in [0.05, 0.1) is 12.2 Å². The van der Waals surface area contributed by atoms with Gasteiger partial charge in [-0.05, 0) is 37.1 Å². The summed E-state index contributed by atoms with van der Waals surface area (Å²) in [7, 11) is 0. The summed E-state index contributed by atoms with van der Waals surface area (Å²) < 4.78 is 42.9. The maximum atomic E-state index is 12.4. The molecular formula is C15H20F3NO. The number of benzene rings is 1. The van der Waals surface area contributed by atoms with Crippen LogP contribution in [0.25, 0.3) is 0 Å². The maximum absolute atomic E-state index is 12.4. The Bertz CT molecular complexity index is 435. The predicted octanol–water partition coefficient (Wildman–Crippen LogP) is 3.86. The first kappa shape index (κ1) is 15.2. The predicted molar refractivity (Wildman–Crippen MR) is 71.7 cm³/mol. The summed E-state index contributed by atoms with van der Waals surface area (Å²) in [6.45, 7) is 5.47. The zero-order valence-corrected chi connectivity index (χ0v) is 11.8. The largest absolute Gasteiger partial charge is 0.493 e. The van der Waals surface area contributed by atoms with Crippen LogP contribution in [0.4, 0.5) is 13.2 Å². The van der Waals surface area contributed by atoms with Gasteiger partial charge in [-0.1, -0.05) is 13.8 Å². The van der Waals surface area contributed by atoms with Crippen molar-refractivity contribution in [3.05, 3.63) is 29.8 Å². The van der Waals surface area contributed by atoms with Crippen molar-refractivity contribution in [3.63, 3.8) is 0 Å². The second-order valence-electron chi connectivity index (χ2n) is 6.13. The third-order valence-electron chi connectivity index (χ3n) is 3.26. The van der Waals surface area contributed by atoms with Crippen LogP contribution >= 0.6 is 0 Å². The fourth-order valence-corrected chi connectivity index (χ4v) is 1.78. The minimum absolute atomic E-state index is 0.0503. The molecule has 0 atom stereocenters. The zero-order valence-electron chi connectivity index (χ0n) is 11.8. The van der Waals surface area contributed by atoms with Gasteiger partial charge in [0.2, 0.25) is 0 Å². The summed E-state index contributed by atoms with van der Waals surface area (Å²) in [6, 6.07) is 5.47. The molecule has 5 heteroatoms. The number of halogens is 3. The molecule has 112 valence electrons. The van der Waals surface area contributed by atoms with Gasteiger partial charge in [-0.15, -0.1) is 0 Å². The quantitative estimate of drug-likeness (QED) is 0.857. The second-order valence-corrected chi connectivity index (χ2v) is 6.13. The molecule has 0 saturated heterocycles. The molecule has 2 rings (SSSR count). The number of hydrogen-bond donors (Lipinski definition) is 1. The summed E-state index contributed by atoms with van der Waals surface area (Å²) in [5.41, 5.74) is -0.704. The number of rotatable bonds is 6. The third-order valence-corrected chi connectivity index (χ3v) is 3.26. The fraction of sp³-hybridized carbons (Fsp3) is 0.600. The highest BCUT2D eigenvalue weighted by Crippen LogP contribution is 2.30. The molecular weight excluding hydrogens is 267 g/mol. The van der Waals surface area contributed by atoms with Gasteiger partial charge in [-0.3, -0.25) is 0 Å². The Morgan fingerprint density at radius 2 is 1.75 bits per heavy atom. The highest BCUT2D eigenvalue weighted by atomic mass is 19.4.